The Bertz CT molecular complexity index is 275. The Morgan fingerprint density at radius 1 is 1.60 bits per heavy atom. The molecular weight excluding hydrogens is 136 g/mol. The molecule has 0 aliphatic heterocycles. The van der Waals surface area contributed by atoms with Crippen LogP contribution >= 0.6 is 0 Å². The van der Waals surface area contributed by atoms with E-state index in [1.54, 1.807) is 0 Å². The molecule has 0 radical (unpaired) electrons. The van der Waals surface area contributed by atoms with Crippen LogP contribution in [0.15, 0.2) is 21.7 Å². The highest BCUT2D eigenvalue weighted by Crippen LogP contribution is 2.07. The van der Waals surface area contributed by atoms with Gasteiger partial charge in [0, 0.05) is 0 Å². The molecule has 0 amide bonds. The Morgan fingerprint density at radius 2 is 2.30 bits per heavy atom. The summed E-state index contributed by atoms with van der Waals surface area (Å²) in [5, 5.41) is 8.74. The number of hydrogen-bond acceptors (Lipinski definition) is 4. The zero-order valence-corrected chi connectivity index (χ0v) is 5.33. The minimum atomic E-state index is -0.561. The van der Waals surface area contributed by atoms with Crippen molar-refractivity contribution in [3.8, 4) is 11.5 Å². The van der Waals surface area contributed by atoms with E-state index in [0.717, 1.165) is 12.5 Å². The van der Waals surface area contributed by atoms with Gasteiger partial charge in [0.05, 0.1) is 7.11 Å². The van der Waals surface area contributed by atoms with E-state index in [1.807, 2.05) is 0 Å². The molecule has 1 aromatic rings. The standard InChI is InChI=1S/C6H6O4/c1-9-5-3-10-2-4(7)6(5)8/h2-3,7H,1H3. The topological polar surface area (TPSA) is 59.7 Å². The molecule has 0 atom stereocenters. The van der Waals surface area contributed by atoms with Gasteiger partial charge in [0.2, 0.25) is 11.5 Å². The zero-order valence-electron chi connectivity index (χ0n) is 5.33. The van der Waals surface area contributed by atoms with Crippen LogP contribution in [0.25, 0.3) is 0 Å². The van der Waals surface area contributed by atoms with Crippen molar-refractivity contribution in [1.29, 1.82) is 0 Å². The maximum Gasteiger partial charge on any atom is 0.268 e. The van der Waals surface area contributed by atoms with Gasteiger partial charge in [-0.2, -0.15) is 0 Å². The minimum absolute atomic E-state index is 0. The maximum atomic E-state index is 10.8. The van der Waals surface area contributed by atoms with Crippen LogP contribution < -0.4 is 10.2 Å². The second kappa shape index (κ2) is 2.43. The lowest BCUT2D eigenvalue weighted by molar-refractivity contribution is 0.366. The summed E-state index contributed by atoms with van der Waals surface area (Å²) in [6.07, 6.45) is 2.08. The Balaban J connectivity index is 3.28. The number of methoxy groups -OCH3 is 1. The van der Waals surface area contributed by atoms with Gasteiger partial charge in [-0.1, -0.05) is 0 Å². The van der Waals surface area contributed by atoms with Crippen molar-refractivity contribution in [2.75, 3.05) is 7.11 Å². The summed E-state index contributed by atoms with van der Waals surface area (Å²) in [6, 6.07) is 0. The van der Waals surface area contributed by atoms with E-state index < -0.39 is 11.2 Å². The fourth-order valence-electron chi connectivity index (χ4n) is 0.534. The summed E-state index contributed by atoms with van der Waals surface area (Å²) >= 11 is 0. The fourth-order valence-corrected chi connectivity index (χ4v) is 0.534. The lowest BCUT2D eigenvalue weighted by Crippen LogP contribution is -2.02. The third-order valence-corrected chi connectivity index (χ3v) is 1.03. The fraction of sp³-hybridized carbons (Fsp3) is 0.167. The predicted octanol–water partition coefficient (Wildman–Crippen LogP) is 0.354. The zero-order chi connectivity index (χ0) is 7.56. The SMILES string of the molecule is COc1cocc(O)c1=O. The molecule has 0 spiro atoms. The molecule has 1 rings (SSSR count). The number of ether oxygens (including phenoxy) is 1. The van der Waals surface area contributed by atoms with Gasteiger partial charge in [0.15, 0.2) is 0 Å². The summed E-state index contributed by atoms with van der Waals surface area (Å²) in [4.78, 5) is 10.8. The summed E-state index contributed by atoms with van der Waals surface area (Å²) < 4.78 is 9.10. The quantitative estimate of drug-likeness (QED) is 0.614. The second-order valence-electron chi connectivity index (χ2n) is 1.65. The van der Waals surface area contributed by atoms with E-state index in [1.165, 1.54) is 7.11 Å². The summed E-state index contributed by atoms with van der Waals surface area (Å²) in [7, 11) is 1.33. The Morgan fingerprint density at radius 3 is 2.80 bits per heavy atom. The molecule has 0 aromatic carbocycles. The smallest absolute Gasteiger partial charge is 0.268 e. The first-order valence-electron chi connectivity index (χ1n) is 2.59. The number of rotatable bonds is 1. The average Bonchev–Trinajstić information content (AvgIpc) is 1.95. The van der Waals surface area contributed by atoms with Crippen LogP contribution in [-0.4, -0.2) is 12.2 Å². The van der Waals surface area contributed by atoms with Crippen molar-refractivity contribution in [1.82, 2.24) is 0 Å². The maximum absolute atomic E-state index is 10.8. The number of aromatic hydroxyl groups is 1. The average molecular weight is 142 g/mol. The molecule has 10 heavy (non-hydrogen) atoms. The molecule has 1 aromatic heterocycles. The molecule has 54 valence electrons. The van der Waals surface area contributed by atoms with E-state index in [4.69, 9.17) is 5.11 Å². The van der Waals surface area contributed by atoms with Crippen LogP contribution in [0.1, 0.15) is 0 Å². The van der Waals surface area contributed by atoms with Crippen molar-refractivity contribution in [2.45, 2.75) is 0 Å². The highest BCUT2D eigenvalue weighted by molar-refractivity contribution is 5.25. The van der Waals surface area contributed by atoms with Crippen LogP contribution in [-0.2, 0) is 0 Å². The second-order valence-corrected chi connectivity index (χ2v) is 1.65. The van der Waals surface area contributed by atoms with Crippen LogP contribution in [0.2, 0.25) is 0 Å². The molecule has 4 heteroatoms. The molecule has 0 fully saturated rings. The Kier molecular flexibility index (Phi) is 1.62. The number of hydrogen-bond donors (Lipinski definition) is 1. The van der Waals surface area contributed by atoms with Gasteiger partial charge in [-0.05, 0) is 0 Å². The predicted molar refractivity (Wildman–Crippen MR) is 33.2 cm³/mol. The van der Waals surface area contributed by atoms with Gasteiger partial charge in [-0.3, -0.25) is 4.79 Å². The highest BCUT2D eigenvalue weighted by atomic mass is 16.5. The lowest BCUT2D eigenvalue weighted by Gasteiger charge is -1.95. The lowest BCUT2D eigenvalue weighted by atomic mass is 10.4. The summed E-state index contributed by atoms with van der Waals surface area (Å²) in [6.45, 7) is 0. The third kappa shape index (κ3) is 0.953. The van der Waals surface area contributed by atoms with Gasteiger partial charge < -0.3 is 14.3 Å². The van der Waals surface area contributed by atoms with Crippen molar-refractivity contribution < 1.29 is 14.3 Å². The van der Waals surface area contributed by atoms with E-state index in [2.05, 4.69) is 9.15 Å². The van der Waals surface area contributed by atoms with Gasteiger partial charge in [-0.15, -0.1) is 0 Å². The Labute approximate surface area is 56.7 Å². The summed E-state index contributed by atoms with van der Waals surface area (Å²) in [5.41, 5.74) is -0.561. The minimum Gasteiger partial charge on any atom is -0.502 e. The molecule has 0 aliphatic carbocycles. The van der Waals surface area contributed by atoms with Gasteiger partial charge in [-0.25, -0.2) is 0 Å². The van der Waals surface area contributed by atoms with Crippen molar-refractivity contribution in [3.05, 3.63) is 22.7 Å². The van der Waals surface area contributed by atoms with E-state index >= 15 is 0 Å². The van der Waals surface area contributed by atoms with Gasteiger partial charge >= 0.3 is 0 Å². The van der Waals surface area contributed by atoms with Gasteiger partial charge in [0.1, 0.15) is 12.5 Å². The molecule has 0 bridgehead atoms. The molecule has 0 unspecified atom stereocenters. The first kappa shape index (κ1) is 6.67. The third-order valence-electron chi connectivity index (χ3n) is 1.03. The normalized spacial score (nSPS) is 9.30. The summed E-state index contributed by atoms with van der Waals surface area (Å²) in [5.74, 6) is -0.445. The van der Waals surface area contributed by atoms with E-state index in [-0.39, 0.29) is 5.75 Å². The Hall–Kier alpha value is -1.45. The first-order valence-corrected chi connectivity index (χ1v) is 2.59. The molecule has 1 N–H and O–H groups in total. The van der Waals surface area contributed by atoms with E-state index in [0.29, 0.717) is 0 Å². The molecule has 4 nitrogen and oxygen atoms in total. The van der Waals surface area contributed by atoms with Crippen molar-refractivity contribution in [2.24, 2.45) is 0 Å². The van der Waals surface area contributed by atoms with Crippen molar-refractivity contribution >= 4 is 0 Å². The molecule has 1 heterocycles. The molecule has 0 saturated carbocycles. The molecule has 0 saturated heterocycles. The van der Waals surface area contributed by atoms with Crippen LogP contribution in [0.5, 0.6) is 11.5 Å². The van der Waals surface area contributed by atoms with E-state index in [9.17, 15) is 4.79 Å². The van der Waals surface area contributed by atoms with Crippen LogP contribution in [0.4, 0.5) is 0 Å². The molecular formula is C6H6O4. The largest absolute Gasteiger partial charge is 0.502 e. The highest BCUT2D eigenvalue weighted by Gasteiger charge is 2.02. The van der Waals surface area contributed by atoms with Crippen LogP contribution in [0.3, 0.4) is 0 Å². The molecule has 0 aliphatic rings. The van der Waals surface area contributed by atoms with Crippen LogP contribution in [0, 0.1) is 0 Å². The van der Waals surface area contributed by atoms with Crippen molar-refractivity contribution in [3.63, 3.8) is 0 Å². The first-order chi connectivity index (χ1) is 4.75. The van der Waals surface area contributed by atoms with Gasteiger partial charge in [0.25, 0.3) is 5.43 Å². The monoisotopic (exact) mass is 142 g/mol.